The third kappa shape index (κ3) is 8.67. The van der Waals surface area contributed by atoms with Crippen LogP contribution in [0.2, 0.25) is 0 Å². The fourth-order valence-corrected chi connectivity index (χ4v) is 5.52. The molecule has 0 saturated heterocycles. The van der Waals surface area contributed by atoms with Crippen LogP contribution in [0, 0.1) is 0 Å². The Balaban J connectivity index is 1.73. The zero-order chi connectivity index (χ0) is 29.2. The lowest BCUT2D eigenvalue weighted by atomic mass is 9.86. The molecule has 3 N–H and O–H groups in total. The molecule has 0 saturated carbocycles. The maximum absolute atomic E-state index is 13.7. The quantitative estimate of drug-likeness (QED) is 0.367. The molecule has 0 radical (unpaired) electrons. The Bertz CT molecular complexity index is 1290. The van der Waals surface area contributed by atoms with Gasteiger partial charge in [0.15, 0.2) is 0 Å². The van der Waals surface area contributed by atoms with Gasteiger partial charge in [-0.05, 0) is 74.9 Å². The highest BCUT2D eigenvalue weighted by atomic mass is 32.2. The van der Waals surface area contributed by atoms with Crippen LogP contribution in [0.25, 0.3) is 0 Å². The average molecular weight is 580 g/mol. The van der Waals surface area contributed by atoms with Crippen LogP contribution in [-0.2, 0) is 34.0 Å². The van der Waals surface area contributed by atoms with Crippen LogP contribution in [0.1, 0.15) is 68.3 Å². The third-order valence-electron chi connectivity index (χ3n) is 6.23. The van der Waals surface area contributed by atoms with Crippen molar-refractivity contribution < 1.29 is 39.6 Å². The predicted octanol–water partition coefficient (Wildman–Crippen LogP) is 5.39. The summed E-state index contributed by atoms with van der Waals surface area (Å²) in [7, 11) is -5.03. The van der Waals surface area contributed by atoms with E-state index in [0.717, 1.165) is 35.2 Å². The zero-order valence-electron chi connectivity index (χ0n) is 21.6. The Labute approximate surface area is 223 Å². The predicted molar refractivity (Wildman–Crippen MR) is 133 cm³/mol. The van der Waals surface area contributed by atoms with Crippen molar-refractivity contribution in [3.8, 4) is 0 Å². The third-order valence-corrected chi connectivity index (χ3v) is 7.70. The van der Waals surface area contributed by atoms with Gasteiger partial charge in [-0.1, -0.05) is 24.3 Å². The summed E-state index contributed by atoms with van der Waals surface area (Å²) in [6.07, 6.45) is -9.42. The first kappa shape index (κ1) is 30.9. The van der Waals surface area contributed by atoms with E-state index < -0.39 is 57.2 Å². The van der Waals surface area contributed by atoms with Gasteiger partial charge in [-0.3, -0.25) is 4.79 Å². The Kier molecular flexibility index (Phi) is 9.08. The van der Waals surface area contributed by atoms with Crippen molar-refractivity contribution in [1.82, 2.24) is 15.4 Å². The Morgan fingerprint density at radius 1 is 1.03 bits per heavy atom. The van der Waals surface area contributed by atoms with Gasteiger partial charge in [0.25, 0.3) is 0 Å². The van der Waals surface area contributed by atoms with Gasteiger partial charge in [-0.15, -0.1) is 0 Å². The van der Waals surface area contributed by atoms with E-state index in [9.17, 15) is 39.6 Å². The molecule has 0 aromatic heterocycles. The van der Waals surface area contributed by atoms with Crippen molar-refractivity contribution in [3.63, 3.8) is 0 Å². The smallest absolute Gasteiger partial charge is 0.349 e. The van der Waals surface area contributed by atoms with Gasteiger partial charge in [0.1, 0.15) is 6.04 Å². The van der Waals surface area contributed by atoms with Crippen LogP contribution < -0.4 is 15.4 Å². The molecule has 3 rings (SSSR count). The number of carbonyl (C=O) groups is 1. The second kappa shape index (κ2) is 11.5. The SMILES string of the molecule is CC(C)(C)NCc1ccc2c(c1)CCC[C@H]2NC(=O)C[C@H](NS(=O)(=O)c1cccc(C(F)(F)F)c1)C(F)(F)F. The van der Waals surface area contributed by atoms with E-state index >= 15 is 0 Å². The Morgan fingerprint density at radius 2 is 1.72 bits per heavy atom. The highest BCUT2D eigenvalue weighted by Gasteiger charge is 2.44. The highest BCUT2D eigenvalue weighted by Crippen LogP contribution is 2.33. The second-order valence-electron chi connectivity index (χ2n) is 10.6. The molecule has 0 unspecified atom stereocenters. The van der Waals surface area contributed by atoms with E-state index in [0.29, 0.717) is 25.5 Å². The molecule has 13 heteroatoms. The van der Waals surface area contributed by atoms with E-state index in [2.05, 4.69) is 10.6 Å². The maximum atomic E-state index is 13.7. The molecule has 2 atom stereocenters. The minimum atomic E-state index is -5.18. The number of carbonyl (C=O) groups excluding carboxylic acids is 1. The Hall–Kier alpha value is -2.64. The molecule has 0 bridgehead atoms. The Morgan fingerprint density at radius 3 is 2.33 bits per heavy atom. The summed E-state index contributed by atoms with van der Waals surface area (Å²) < 4.78 is 106. The monoisotopic (exact) mass is 579 g/mol. The summed E-state index contributed by atoms with van der Waals surface area (Å²) in [6.45, 7) is 6.72. The molecule has 0 heterocycles. The molecule has 0 fully saturated rings. The number of sulfonamides is 1. The first-order valence-electron chi connectivity index (χ1n) is 12.3. The minimum absolute atomic E-state index is 0.0932. The standard InChI is InChI=1S/C26H31F6N3O3S/c1-24(2,3)33-15-16-10-11-20-17(12-16)6-4-9-21(20)34-23(36)14-22(26(30,31)32)35-39(37,38)19-8-5-7-18(13-19)25(27,28)29/h5,7-8,10-13,21-22,33,35H,4,6,9,14-15H2,1-3H3,(H,34,36)/t21-,22+/m1/s1. The fourth-order valence-electron chi connectivity index (χ4n) is 4.25. The van der Waals surface area contributed by atoms with Gasteiger partial charge in [0, 0.05) is 12.1 Å². The van der Waals surface area contributed by atoms with E-state index in [1.807, 2.05) is 39.0 Å². The molecule has 2 aromatic carbocycles. The summed E-state index contributed by atoms with van der Waals surface area (Å²) in [6, 6.07) is 4.66. The second-order valence-corrected chi connectivity index (χ2v) is 12.3. The van der Waals surface area contributed by atoms with Crippen LogP contribution in [0.3, 0.4) is 0 Å². The van der Waals surface area contributed by atoms with Gasteiger partial charge >= 0.3 is 12.4 Å². The van der Waals surface area contributed by atoms with Crippen LogP contribution in [0.15, 0.2) is 47.4 Å². The average Bonchev–Trinajstić information content (AvgIpc) is 2.81. The number of fused-ring (bicyclic) bond motifs is 1. The lowest BCUT2D eigenvalue weighted by Crippen LogP contribution is -2.48. The molecule has 0 aliphatic heterocycles. The number of rotatable bonds is 8. The lowest BCUT2D eigenvalue weighted by Gasteiger charge is -2.28. The summed E-state index contributed by atoms with van der Waals surface area (Å²) in [5.74, 6) is -1.04. The van der Waals surface area contributed by atoms with Crippen molar-refractivity contribution in [3.05, 3.63) is 64.7 Å². The number of nitrogens with one attached hydrogen (secondary N) is 3. The van der Waals surface area contributed by atoms with Gasteiger partial charge in [-0.2, -0.15) is 31.1 Å². The molecular weight excluding hydrogens is 548 g/mol. The van der Waals surface area contributed by atoms with E-state index in [1.54, 1.807) is 0 Å². The van der Waals surface area contributed by atoms with E-state index in [4.69, 9.17) is 0 Å². The minimum Gasteiger partial charge on any atom is -0.349 e. The van der Waals surface area contributed by atoms with Gasteiger partial charge < -0.3 is 10.6 Å². The number of aryl methyl sites for hydroxylation is 1. The molecule has 6 nitrogen and oxygen atoms in total. The number of hydrogen-bond donors (Lipinski definition) is 3. The number of hydrogen-bond acceptors (Lipinski definition) is 4. The van der Waals surface area contributed by atoms with Crippen LogP contribution >= 0.6 is 0 Å². The van der Waals surface area contributed by atoms with Gasteiger partial charge in [0.05, 0.1) is 22.9 Å². The molecular formula is C26H31F6N3O3S. The molecule has 1 aliphatic carbocycles. The number of alkyl halides is 6. The van der Waals surface area contributed by atoms with Crippen molar-refractivity contribution in [2.45, 2.75) is 87.9 Å². The molecule has 2 aromatic rings. The van der Waals surface area contributed by atoms with Crippen molar-refractivity contribution in [2.75, 3.05) is 0 Å². The van der Waals surface area contributed by atoms with Crippen LogP contribution in [0.5, 0.6) is 0 Å². The van der Waals surface area contributed by atoms with Gasteiger partial charge in [-0.25, -0.2) is 8.42 Å². The largest absolute Gasteiger partial charge is 0.416 e. The molecule has 39 heavy (non-hydrogen) atoms. The van der Waals surface area contributed by atoms with Crippen LogP contribution in [0.4, 0.5) is 26.3 Å². The summed E-state index contributed by atoms with van der Waals surface area (Å²) in [5, 5.41) is 5.95. The van der Waals surface area contributed by atoms with Crippen molar-refractivity contribution in [1.29, 1.82) is 0 Å². The number of amides is 1. The summed E-state index contributed by atoms with van der Waals surface area (Å²) in [4.78, 5) is 11.7. The summed E-state index contributed by atoms with van der Waals surface area (Å²) in [5.41, 5.74) is 1.35. The van der Waals surface area contributed by atoms with Gasteiger partial charge in [0.2, 0.25) is 15.9 Å². The molecule has 0 spiro atoms. The zero-order valence-corrected chi connectivity index (χ0v) is 22.4. The number of benzene rings is 2. The molecule has 1 aliphatic rings. The van der Waals surface area contributed by atoms with Crippen molar-refractivity contribution >= 4 is 15.9 Å². The topological polar surface area (TPSA) is 87.3 Å². The number of halogens is 6. The van der Waals surface area contributed by atoms with E-state index in [1.165, 1.54) is 4.72 Å². The van der Waals surface area contributed by atoms with Crippen molar-refractivity contribution in [2.24, 2.45) is 0 Å². The summed E-state index contributed by atoms with van der Waals surface area (Å²) >= 11 is 0. The first-order valence-corrected chi connectivity index (χ1v) is 13.8. The fraction of sp³-hybridized carbons (Fsp3) is 0.500. The first-order chi connectivity index (χ1) is 17.8. The van der Waals surface area contributed by atoms with E-state index in [-0.39, 0.29) is 11.6 Å². The molecule has 216 valence electrons. The normalized spacial score (nSPS) is 17.4. The molecule has 1 amide bonds. The maximum Gasteiger partial charge on any atom is 0.416 e. The lowest BCUT2D eigenvalue weighted by molar-refractivity contribution is -0.158. The van der Waals surface area contributed by atoms with Crippen LogP contribution in [-0.4, -0.2) is 32.1 Å². The highest BCUT2D eigenvalue weighted by molar-refractivity contribution is 7.89.